The molecule has 75 valence electrons. The maximum atomic E-state index is 13.3. The summed E-state index contributed by atoms with van der Waals surface area (Å²) in [5, 5.41) is 19.0. The Bertz CT molecular complexity index is 587. The van der Waals surface area contributed by atoms with E-state index in [1.807, 2.05) is 0 Å². The molecule has 0 atom stereocenters. The van der Waals surface area contributed by atoms with Crippen LogP contribution in [0.2, 0.25) is 0 Å². The van der Waals surface area contributed by atoms with Gasteiger partial charge >= 0.3 is 0 Å². The Balaban J connectivity index is 3.00. The van der Waals surface area contributed by atoms with Crippen LogP contribution in [0, 0.1) is 5.82 Å². The summed E-state index contributed by atoms with van der Waals surface area (Å²) in [6.07, 6.45) is 0. The smallest absolute Gasteiger partial charge is 0.158 e. The molecule has 1 aromatic carbocycles. The zero-order valence-corrected chi connectivity index (χ0v) is 8.66. The lowest BCUT2D eigenvalue weighted by molar-refractivity contribution is 0.435. The number of aromatic hydroxyl groups is 2. The molecule has 0 saturated heterocycles. The fourth-order valence-corrected chi connectivity index (χ4v) is 1.82. The number of hydrogen-bond donors (Lipinski definition) is 2. The highest BCUT2D eigenvalue weighted by atomic mass is 35.5. The number of rotatable bonds is 1. The molecule has 0 amide bonds. The van der Waals surface area contributed by atoms with Crippen molar-refractivity contribution >= 4 is 56.5 Å². The summed E-state index contributed by atoms with van der Waals surface area (Å²) in [4.78, 5) is 0. The Kier molecular flexibility index (Phi) is 2.58. The quantitative estimate of drug-likeness (QED) is 0.645. The summed E-state index contributed by atoms with van der Waals surface area (Å²) >= 11 is 5.82. The van der Waals surface area contributed by atoms with E-state index in [1.165, 1.54) is 0 Å². The van der Waals surface area contributed by atoms with Crippen molar-refractivity contribution in [3.05, 3.63) is 11.9 Å². The van der Waals surface area contributed by atoms with Crippen LogP contribution in [-0.2, 0) is 0 Å². The van der Waals surface area contributed by atoms with Crippen LogP contribution in [0.1, 0.15) is 0 Å². The molecule has 0 unspecified atom stereocenters. The number of hydrogen-bond acceptors (Lipinski definition) is 2. The fourth-order valence-electron chi connectivity index (χ4n) is 1.55. The molecule has 3 nitrogen and oxygen atoms in total. The van der Waals surface area contributed by atoms with Crippen molar-refractivity contribution in [2.24, 2.45) is 0 Å². The maximum Gasteiger partial charge on any atom is 0.158 e. The van der Waals surface area contributed by atoms with Crippen LogP contribution in [0.4, 0.5) is 4.39 Å². The van der Waals surface area contributed by atoms with Crippen molar-refractivity contribution in [1.29, 1.82) is 0 Å². The first-order valence-electron chi connectivity index (χ1n) is 4.24. The Labute approximate surface area is 99.0 Å². The van der Waals surface area contributed by atoms with Gasteiger partial charge in [0.2, 0.25) is 0 Å². The SMILES string of the molecule is [B][B]c1c(O)c2c([B])c(F)c(O)cc2n1Cl. The van der Waals surface area contributed by atoms with E-state index in [9.17, 15) is 14.6 Å². The minimum absolute atomic E-state index is 0.0157. The minimum atomic E-state index is -1.01. The third-order valence-corrected chi connectivity index (χ3v) is 2.68. The monoisotopic (exact) mass is 232 g/mol. The fraction of sp³-hybridized carbons (Fsp3) is 0. The zero-order chi connectivity index (χ0) is 12.0. The van der Waals surface area contributed by atoms with Gasteiger partial charge in [-0.1, -0.05) is 0 Å². The maximum absolute atomic E-state index is 13.3. The summed E-state index contributed by atoms with van der Waals surface area (Å²) in [5.74, 6) is -1.98. The van der Waals surface area contributed by atoms with Crippen LogP contribution in [0.3, 0.4) is 0 Å². The van der Waals surface area contributed by atoms with Crippen molar-refractivity contribution in [3.63, 3.8) is 0 Å². The summed E-state index contributed by atoms with van der Waals surface area (Å²) in [7, 11) is 11.7. The average Bonchev–Trinajstić information content (AvgIpc) is 2.48. The van der Waals surface area contributed by atoms with E-state index in [1.54, 1.807) is 0 Å². The number of halogens is 2. The second kappa shape index (κ2) is 3.66. The topological polar surface area (TPSA) is 45.4 Å². The van der Waals surface area contributed by atoms with E-state index in [2.05, 4.69) is 0 Å². The lowest BCUT2D eigenvalue weighted by Gasteiger charge is -2.03. The summed E-state index contributed by atoms with van der Waals surface area (Å²) in [6.45, 7) is 0. The van der Waals surface area contributed by atoms with Crippen molar-refractivity contribution in [1.82, 2.24) is 4.09 Å². The van der Waals surface area contributed by atoms with Crippen molar-refractivity contribution in [2.45, 2.75) is 0 Å². The third kappa shape index (κ3) is 1.31. The summed E-state index contributed by atoms with van der Waals surface area (Å²) in [6, 6.07) is 1.06. The highest BCUT2D eigenvalue weighted by Gasteiger charge is 2.19. The standard InChI is InChI=1S/C8H3B3ClFNO2/c9-5-4-2(1-3(15)6(5)13)14(12)8(11-10)7(4)16/h1,15-16H. The van der Waals surface area contributed by atoms with E-state index >= 15 is 0 Å². The van der Waals surface area contributed by atoms with Gasteiger partial charge in [0.05, 0.1) is 5.52 Å². The molecule has 0 saturated carbocycles. The second-order valence-electron chi connectivity index (χ2n) is 3.20. The van der Waals surface area contributed by atoms with E-state index in [-0.39, 0.29) is 27.7 Å². The molecule has 0 fully saturated rings. The first-order chi connectivity index (χ1) is 7.49. The zero-order valence-electron chi connectivity index (χ0n) is 7.91. The van der Waals surface area contributed by atoms with E-state index < -0.39 is 11.6 Å². The molecular weight excluding hydrogens is 229 g/mol. The van der Waals surface area contributed by atoms with Crippen LogP contribution in [-0.4, -0.2) is 37.1 Å². The number of benzene rings is 1. The van der Waals surface area contributed by atoms with Crippen molar-refractivity contribution < 1.29 is 14.6 Å². The third-order valence-electron chi connectivity index (χ3n) is 2.32. The first kappa shape index (κ1) is 11.3. The predicted molar refractivity (Wildman–Crippen MR) is 63.0 cm³/mol. The van der Waals surface area contributed by atoms with Gasteiger partial charge in [0, 0.05) is 36.6 Å². The van der Waals surface area contributed by atoms with Crippen molar-refractivity contribution in [2.75, 3.05) is 0 Å². The Hall–Kier alpha value is -1.23. The van der Waals surface area contributed by atoms with Crippen molar-refractivity contribution in [3.8, 4) is 11.5 Å². The molecule has 16 heavy (non-hydrogen) atoms. The minimum Gasteiger partial charge on any atom is -0.506 e. The predicted octanol–water partition coefficient (Wildman–Crippen LogP) is -0.600. The normalized spacial score (nSPS) is 10.9. The largest absolute Gasteiger partial charge is 0.506 e. The molecule has 0 bridgehead atoms. The molecule has 0 aliphatic heterocycles. The molecule has 2 aromatic rings. The molecule has 1 aromatic heterocycles. The van der Waals surface area contributed by atoms with Gasteiger partial charge in [-0.15, -0.1) is 0 Å². The number of fused-ring (bicyclic) bond motifs is 1. The van der Waals surface area contributed by atoms with E-state index in [4.69, 9.17) is 27.4 Å². The van der Waals surface area contributed by atoms with Gasteiger partial charge in [-0.25, -0.2) is 4.39 Å². The molecule has 0 aliphatic rings. The van der Waals surface area contributed by atoms with Crippen LogP contribution >= 0.6 is 11.8 Å². The van der Waals surface area contributed by atoms with Gasteiger partial charge in [0.25, 0.3) is 0 Å². The number of phenols is 1. The van der Waals surface area contributed by atoms with Crippen LogP contribution in [0.15, 0.2) is 6.07 Å². The van der Waals surface area contributed by atoms with Gasteiger partial charge in [-0.2, -0.15) is 0 Å². The molecular formula is C8H3B3ClFNO2. The lowest BCUT2D eigenvalue weighted by atomic mass is 9.53. The van der Waals surface area contributed by atoms with Gasteiger partial charge in [-0.3, -0.25) is 4.09 Å². The van der Waals surface area contributed by atoms with Gasteiger partial charge in [0.15, 0.2) is 11.6 Å². The Morgan fingerprint density at radius 2 is 2.06 bits per heavy atom. The number of nitrogens with zero attached hydrogens (tertiary/aromatic N) is 1. The summed E-state index contributed by atoms with van der Waals surface area (Å²) < 4.78 is 14.3. The Morgan fingerprint density at radius 1 is 1.44 bits per heavy atom. The van der Waals surface area contributed by atoms with Gasteiger partial charge in [0.1, 0.15) is 20.8 Å². The first-order valence-corrected chi connectivity index (χ1v) is 4.58. The second-order valence-corrected chi connectivity index (χ2v) is 3.54. The highest BCUT2D eigenvalue weighted by molar-refractivity contribution is 6.98. The summed E-state index contributed by atoms with van der Waals surface area (Å²) in [5.41, 5.74) is -0.129. The molecule has 5 radical (unpaired) electrons. The number of aromatic nitrogens is 1. The molecule has 2 N–H and O–H groups in total. The highest BCUT2D eigenvalue weighted by Crippen LogP contribution is 2.28. The molecule has 1 heterocycles. The van der Waals surface area contributed by atoms with Gasteiger partial charge < -0.3 is 10.2 Å². The van der Waals surface area contributed by atoms with E-state index in [0.717, 1.165) is 17.3 Å². The molecule has 0 aliphatic carbocycles. The van der Waals surface area contributed by atoms with E-state index in [0.29, 0.717) is 0 Å². The van der Waals surface area contributed by atoms with Crippen LogP contribution < -0.4 is 11.1 Å². The lowest BCUT2D eigenvalue weighted by Crippen LogP contribution is -2.19. The van der Waals surface area contributed by atoms with Crippen LogP contribution in [0.25, 0.3) is 10.9 Å². The number of phenolic OH excluding ortho intramolecular Hbond substituents is 1. The molecule has 2 rings (SSSR count). The average molecular weight is 232 g/mol. The molecule has 0 spiro atoms. The molecule has 8 heteroatoms. The van der Waals surface area contributed by atoms with Gasteiger partial charge in [-0.05, 0) is 5.46 Å². The van der Waals surface area contributed by atoms with Crippen LogP contribution in [0.5, 0.6) is 11.5 Å². The Morgan fingerprint density at radius 3 is 2.62 bits per heavy atom.